The van der Waals surface area contributed by atoms with Crippen LogP contribution in [0.25, 0.3) is 11.0 Å². The molecule has 1 fully saturated rings. The SMILES string of the molecule is COCCOCCOC(=O)C(Cc1ccc(C#N)cc1)Nc1nc(NCc2nc3cc(F)ccc3[nH]2)nc(Nc2cccc(CN3CCN(C(=O)c4nccnc4O)CC3)c2)n1. The molecule has 0 bridgehead atoms. The molecule has 62 heavy (non-hydrogen) atoms. The molecule has 1 amide bonds. The first-order valence-electron chi connectivity index (χ1n) is 19.7. The molecule has 320 valence electrons. The lowest BCUT2D eigenvalue weighted by atomic mass is 10.0. The summed E-state index contributed by atoms with van der Waals surface area (Å²) >= 11 is 0. The highest BCUT2D eigenvalue weighted by Crippen LogP contribution is 2.22. The molecule has 0 radical (unpaired) electrons. The van der Waals surface area contributed by atoms with Crippen molar-refractivity contribution in [2.45, 2.75) is 25.6 Å². The predicted molar refractivity (Wildman–Crippen MR) is 224 cm³/mol. The van der Waals surface area contributed by atoms with E-state index in [0.29, 0.717) is 74.0 Å². The van der Waals surface area contributed by atoms with Crippen molar-refractivity contribution >= 4 is 46.4 Å². The summed E-state index contributed by atoms with van der Waals surface area (Å²) in [7, 11) is 1.57. The van der Waals surface area contributed by atoms with E-state index < -0.39 is 23.7 Å². The van der Waals surface area contributed by atoms with E-state index in [0.717, 1.165) is 11.1 Å². The summed E-state index contributed by atoms with van der Waals surface area (Å²) < 4.78 is 29.9. The number of imidazole rings is 1. The van der Waals surface area contributed by atoms with Crippen LogP contribution in [0.2, 0.25) is 0 Å². The van der Waals surface area contributed by atoms with Gasteiger partial charge in [-0.15, -0.1) is 0 Å². The highest BCUT2D eigenvalue weighted by atomic mass is 19.1. The molecule has 20 heteroatoms. The average Bonchev–Trinajstić information content (AvgIpc) is 3.69. The Hall–Kier alpha value is -7.34. The number of halogens is 1. The summed E-state index contributed by atoms with van der Waals surface area (Å²) in [6.45, 7) is 3.80. The average molecular weight is 846 g/mol. The van der Waals surface area contributed by atoms with Gasteiger partial charge in [-0.3, -0.25) is 9.69 Å². The number of hydrogen-bond acceptors (Lipinski definition) is 17. The van der Waals surface area contributed by atoms with E-state index in [4.69, 9.17) is 14.2 Å². The van der Waals surface area contributed by atoms with Gasteiger partial charge in [0, 0.05) is 70.4 Å². The minimum absolute atomic E-state index is 0.00387. The Kier molecular flexibility index (Phi) is 14.3. The standard InChI is InChI=1S/C42H44FN13O6/c1-60-17-18-61-19-20-62-39(59)34(22-27-5-7-28(24-44)8-6-27)51-42-53-40(47-25-35-49-32-10-9-30(43)23-33(32)50-35)52-41(54-42)48-31-4-2-3-29(21-31)26-55-13-15-56(16-14-55)38(58)36-37(57)46-12-11-45-36/h2-12,21,23,34H,13-20,22,25-26H2,1H3,(H,46,57)(H,49,50)(H3,47,48,51,52,53,54). The fourth-order valence-electron chi connectivity index (χ4n) is 6.58. The molecule has 5 N–H and O–H groups in total. The van der Waals surface area contributed by atoms with Crippen molar-refractivity contribution < 1.29 is 33.3 Å². The monoisotopic (exact) mass is 845 g/mol. The van der Waals surface area contributed by atoms with Gasteiger partial charge in [0.25, 0.3) is 5.91 Å². The van der Waals surface area contributed by atoms with Crippen molar-refractivity contribution in [3.05, 3.63) is 113 Å². The van der Waals surface area contributed by atoms with Gasteiger partial charge in [-0.2, -0.15) is 20.2 Å². The first-order chi connectivity index (χ1) is 30.2. The molecular weight excluding hydrogens is 802 g/mol. The third kappa shape index (κ3) is 11.7. The number of ether oxygens (including phenoxy) is 3. The Labute approximate surface area is 355 Å². The van der Waals surface area contributed by atoms with Gasteiger partial charge in [0.2, 0.25) is 23.7 Å². The molecule has 3 aromatic carbocycles. The van der Waals surface area contributed by atoms with E-state index in [2.05, 4.69) is 61.8 Å². The van der Waals surface area contributed by atoms with Crippen molar-refractivity contribution in [1.82, 2.24) is 44.7 Å². The zero-order valence-corrected chi connectivity index (χ0v) is 33.8. The Morgan fingerprint density at radius 3 is 2.47 bits per heavy atom. The van der Waals surface area contributed by atoms with Crippen LogP contribution in [0.1, 0.15) is 33.0 Å². The highest BCUT2D eigenvalue weighted by molar-refractivity contribution is 5.94. The fourth-order valence-corrected chi connectivity index (χ4v) is 6.58. The van der Waals surface area contributed by atoms with Crippen LogP contribution in [-0.4, -0.2) is 127 Å². The van der Waals surface area contributed by atoms with Gasteiger partial charge in [0.15, 0.2) is 5.69 Å². The van der Waals surface area contributed by atoms with E-state index in [-0.39, 0.29) is 55.6 Å². The summed E-state index contributed by atoms with van der Waals surface area (Å²) in [5, 5.41) is 28.9. The zero-order chi connectivity index (χ0) is 43.3. The molecule has 1 aliphatic heterocycles. The lowest BCUT2D eigenvalue weighted by Crippen LogP contribution is -2.48. The molecular formula is C42H44FN13O6. The summed E-state index contributed by atoms with van der Waals surface area (Å²) in [6.07, 6.45) is 2.88. The number of nitrogens with zero attached hydrogens (tertiary/aromatic N) is 9. The smallest absolute Gasteiger partial charge is 0.329 e. The van der Waals surface area contributed by atoms with E-state index in [1.807, 2.05) is 24.3 Å². The first-order valence-corrected chi connectivity index (χ1v) is 19.7. The highest BCUT2D eigenvalue weighted by Gasteiger charge is 2.26. The second-order valence-corrected chi connectivity index (χ2v) is 14.1. The van der Waals surface area contributed by atoms with Crippen LogP contribution >= 0.6 is 0 Å². The number of amides is 1. The van der Waals surface area contributed by atoms with Crippen molar-refractivity contribution in [3.63, 3.8) is 0 Å². The van der Waals surface area contributed by atoms with Crippen LogP contribution in [0.3, 0.4) is 0 Å². The molecule has 1 unspecified atom stereocenters. The molecule has 4 heterocycles. The number of esters is 1. The number of hydrogen-bond donors (Lipinski definition) is 5. The van der Waals surface area contributed by atoms with E-state index in [9.17, 15) is 24.3 Å². The van der Waals surface area contributed by atoms with Gasteiger partial charge >= 0.3 is 5.97 Å². The number of benzene rings is 3. The number of rotatable bonds is 19. The minimum Gasteiger partial charge on any atom is -0.492 e. The molecule has 0 spiro atoms. The number of aromatic hydroxyl groups is 1. The third-order valence-corrected chi connectivity index (χ3v) is 9.69. The lowest BCUT2D eigenvalue weighted by molar-refractivity contribution is -0.146. The number of piperazine rings is 1. The Morgan fingerprint density at radius 1 is 0.903 bits per heavy atom. The van der Waals surface area contributed by atoms with Gasteiger partial charge in [-0.05, 0) is 47.5 Å². The summed E-state index contributed by atoms with van der Waals surface area (Å²) in [6, 6.07) is 20.0. The summed E-state index contributed by atoms with van der Waals surface area (Å²) in [5.41, 5.74) is 3.97. The lowest BCUT2D eigenvalue weighted by Gasteiger charge is -2.34. The summed E-state index contributed by atoms with van der Waals surface area (Å²) in [4.78, 5) is 59.6. The van der Waals surface area contributed by atoms with Crippen molar-refractivity contribution in [1.29, 1.82) is 5.26 Å². The van der Waals surface area contributed by atoms with Crippen LogP contribution < -0.4 is 16.0 Å². The molecule has 19 nitrogen and oxygen atoms in total. The second-order valence-electron chi connectivity index (χ2n) is 14.1. The Balaban J connectivity index is 1.08. The Morgan fingerprint density at radius 2 is 1.68 bits per heavy atom. The van der Waals surface area contributed by atoms with Gasteiger partial charge in [0.1, 0.15) is 24.3 Å². The predicted octanol–water partition coefficient (Wildman–Crippen LogP) is 3.80. The number of aromatic amines is 1. The number of H-pyrrole nitrogens is 1. The number of anilines is 4. The quantitative estimate of drug-likeness (QED) is 0.0575. The number of carbonyl (C=O) groups excluding carboxylic acids is 2. The maximum absolute atomic E-state index is 13.9. The molecule has 1 aliphatic rings. The molecule has 0 aliphatic carbocycles. The number of methoxy groups -OCH3 is 1. The largest absolute Gasteiger partial charge is 0.492 e. The Bertz CT molecular complexity index is 2510. The van der Waals surface area contributed by atoms with Crippen LogP contribution in [0.4, 0.5) is 27.9 Å². The topological polar surface area (TPSA) is 242 Å². The van der Waals surface area contributed by atoms with E-state index in [1.54, 1.807) is 42.3 Å². The molecule has 7 rings (SSSR count). The number of nitriles is 1. The van der Waals surface area contributed by atoms with Gasteiger partial charge in [-0.1, -0.05) is 24.3 Å². The maximum Gasteiger partial charge on any atom is 0.329 e. The van der Waals surface area contributed by atoms with Crippen molar-refractivity contribution in [2.75, 3.05) is 75.7 Å². The fraction of sp³-hybridized carbons (Fsp3) is 0.310. The first kappa shape index (κ1) is 42.8. The molecule has 0 saturated carbocycles. The normalized spacial score (nSPS) is 13.3. The van der Waals surface area contributed by atoms with Crippen LogP contribution in [0, 0.1) is 17.1 Å². The summed E-state index contributed by atoms with van der Waals surface area (Å²) in [5.74, 6) is -0.865. The number of aromatic nitrogens is 7. The van der Waals surface area contributed by atoms with Crippen LogP contribution in [0.5, 0.6) is 5.88 Å². The number of carbonyl (C=O) groups is 2. The van der Waals surface area contributed by atoms with Crippen molar-refractivity contribution in [3.8, 4) is 11.9 Å². The van der Waals surface area contributed by atoms with Crippen molar-refractivity contribution in [2.24, 2.45) is 0 Å². The van der Waals surface area contributed by atoms with Gasteiger partial charge in [-0.25, -0.2) is 24.1 Å². The number of nitrogens with one attached hydrogen (secondary N) is 4. The van der Waals surface area contributed by atoms with E-state index >= 15 is 0 Å². The zero-order valence-electron chi connectivity index (χ0n) is 33.8. The third-order valence-electron chi connectivity index (χ3n) is 9.69. The molecule has 6 aromatic rings. The molecule has 3 aromatic heterocycles. The molecule has 1 atom stereocenters. The van der Waals surface area contributed by atoms with Gasteiger partial charge in [0.05, 0.1) is 49.0 Å². The second kappa shape index (κ2) is 20.8. The number of fused-ring (bicyclic) bond motifs is 1. The molecule has 1 saturated heterocycles. The van der Waals surface area contributed by atoms with Crippen LogP contribution in [-0.2, 0) is 38.5 Å². The minimum atomic E-state index is -0.958. The maximum atomic E-state index is 13.9. The van der Waals surface area contributed by atoms with Crippen LogP contribution in [0.15, 0.2) is 79.1 Å². The van der Waals surface area contributed by atoms with E-state index in [1.165, 1.54) is 24.5 Å². The van der Waals surface area contributed by atoms with Gasteiger partial charge < -0.3 is 45.2 Å².